The van der Waals surface area contributed by atoms with Gasteiger partial charge in [0, 0.05) is 11.3 Å². The van der Waals surface area contributed by atoms with Gasteiger partial charge in [0.05, 0.1) is 11.8 Å². The number of primary amides is 1. The summed E-state index contributed by atoms with van der Waals surface area (Å²) in [6.07, 6.45) is 10.5. The van der Waals surface area contributed by atoms with Gasteiger partial charge >= 0.3 is 0 Å². The molecule has 0 saturated heterocycles. The van der Waals surface area contributed by atoms with Crippen LogP contribution >= 0.6 is 23.5 Å². The Hall–Kier alpha value is -0.810. The molecule has 1 rings (SSSR count). The second kappa shape index (κ2) is 15.3. The standard InChI is InChI=1S/C21H36N2OS2/c1-3-5-7-9-14-25-17-23(18-26-15-10-8-6-4-2)20-13-11-12-19(16-20)21(22)24/h11-13,16H,3-10,14-15,17-18H2,1-2H3,(H2,22,24). The van der Waals surface area contributed by atoms with Crippen molar-refractivity contribution < 1.29 is 4.79 Å². The van der Waals surface area contributed by atoms with Crippen LogP contribution in [0.5, 0.6) is 0 Å². The van der Waals surface area contributed by atoms with Crippen LogP contribution in [0.2, 0.25) is 0 Å². The molecule has 1 aromatic carbocycles. The van der Waals surface area contributed by atoms with E-state index in [-0.39, 0.29) is 5.91 Å². The third-order valence-electron chi connectivity index (χ3n) is 4.27. The molecule has 0 saturated carbocycles. The van der Waals surface area contributed by atoms with Gasteiger partial charge in [0.1, 0.15) is 0 Å². The lowest BCUT2D eigenvalue weighted by Crippen LogP contribution is -2.23. The predicted molar refractivity (Wildman–Crippen MR) is 120 cm³/mol. The third-order valence-corrected chi connectivity index (χ3v) is 6.42. The average molecular weight is 397 g/mol. The van der Waals surface area contributed by atoms with Crippen LogP contribution in [0.15, 0.2) is 24.3 Å². The van der Waals surface area contributed by atoms with Gasteiger partial charge in [0.2, 0.25) is 5.91 Å². The van der Waals surface area contributed by atoms with E-state index in [1.54, 1.807) is 6.07 Å². The first-order chi connectivity index (χ1) is 12.7. The second-order valence-electron chi connectivity index (χ2n) is 6.65. The van der Waals surface area contributed by atoms with Crippen molar-refractivity contribution in [3.63, 3.8) is 0 Å². The number of carbonyl (C=O) groups is 1. The smallest absolute Gasteiger partial charge is 0.248 e. The third kappa shape index (κ3) is 10.4. The van der Waals surface area contributed by atoms with Crippen LogP contribution in [0.4, 0.5) is 5.69 Å². The molecule has 0 bridgehead atoms. The van der Waals surface area contributed by atoms with Crippen LogP contribution in [-0.2, 0) is 0 Å². The lowest BCUT2D eigenvalue weighted by atomic mass is 10.2. The minimum absolute atomic E-state index is 0.355. The minimum atomic E-state index is -0.355. The van der Waals surface area contributed by atoms with Gasteiger partial charge in [-0.15, -0.1) is 23.5 Å². The van der Waals surface area contributed by atoms with Crippen molar-refractivity contribution in [2.24, 2.45) is 5.73 Å². The molecular formula is C21H36N2OS2. The minimum Gasteiger partial charge on any atom is -0.366 e. The molecule has 0 aromatic heterocycles. The Balaban J connectivity index is 2.51. The maximum absolute atomic E-state index is 11.5. The molecule has 0 radical (unpaired) electrons. The van der Waals surface area contributed by atoms with Crippen molar-refractivity contribution in [1.29, 1.82) is 0 Å². The first-order valence-electron chi connectivity index (χ1n) is 9.99. The highest BCUT2D eigenvalue weighted by Crippen LogP contribution is 2.23. The summed E-state index contributed by atoms with van der Waals surface area (Å²) in [6.45, 7) is 4.50. The van der Waals surface area contributed by atoms with Crippen molar-refractivity contribution in [1.82, 2.24) is 0 Å². The molecule has 0 heterocycles. The Morgan fingerprint density at radius 3 is 2.00 bits per heavy atom. The van der Waals surface area contributed by atoms with Crippen LogP contribution in [0, 0.1) is 0 Å². The summed E-state index contributed by atoms with van der Waals surface area (Å²) in [6, 6.07) is 7.74. The number of carbonyl (C=O) groups excluding carboxylic acids is 1. The molecule has 0 atom stereocenters. The van der Waals surface area contributed by atoms with E-state index >= 15 is 0 Å². The maximum atomic E-state index is 11.5. The van der Waals surface area contributed by atoms with E-state index in [1.807, 2.05) is 35.7 Å². The van der Waals surface area contributed by atoms with Crippen molar-refractivity contribution >= 4 is 35.1 Å². The lowest BCUT2D eigenvalue weighted by Gasteiger charge is -2.24. The summed E-state index contributed by atoms with van der Waals surface area (Å²) in [5, 5.41) is 0. The SMILES string of the molecule is CCCCCCSCN(CSCCCCCC)c1cccc(C(N)=O)c1. The molecule has 0 aliphatic carbocycles. The van der Waals surface area contributed by atoms with E-state index in [0.717, 1.165) is 17.4 Å². The van der Waals surface area contributed by atoms with E-state index in [2.05, 4.69) is 24.8 Å². The van der Waals surface area contributed by atoms with Crippen LogP contribution in [-0.4, -0.2) is 29.2 Å². The Morgan fingerprint density at radius 1 is 0.923 bits per heavy atom. The number of anilines is 1. The Morgan fingerprint density at radius 2 is 1.50 bits per heavy atom. The van der Waals surface area contributed by atoms with Crippen LogP contribution in [0.1, 0.15) is 75.6 Å². The van der Waals surface area contributed by atoms with E-state index < -0.39 is 0 Å². The van der Waals surface area contributed by atoms with Gasteiger partial charge in [0.25, 0.3) is 0 Å². The van der Waals surface area contributed by atoms with Gasteiger partial charge in [-0.25, -0.2) is 0 Å². The fourth-order valence-corrected chi connectivity index (χ4v) is 4.77. The predicted octanol–water partition coefficient (Wildman–Crippen LogP) is 6.13. The van der Waals surface area contributed by atoms with Crippen molar-refractivity contribution in [2.75, 3.05) is 28.2 Å². The zero-order valence-corrected chi connectivity index (χ0v) is 18.2. The summed E-state index contributed by atoms with van der Waals surface area (Å²) in [4.78, 5) is 13.9. The highest BCUT2D eigenvalue weighted by Gasteiger charge is 2.09. The van der Waals surface area contributed by atoms with Gasteiger partial charge in [-0.2, -0.15) is 0 Å². The molecule has 1 aromatic rings. The van der Waals surface area contributed by atoms with Crippen LogP contribution in [0.25, 0.3) is 0 Å². The monoisotopic (exact) mass is 396 g/mol. The van der Waals surface area contributed by atoms with Crippen LogP contribution in [0.3, 0.4) is 0 Å². The van der Waals surface area contributed by atoms with Crippen molar-refractivity contribution in [3.05, 3.63) is 29.8 Å². The molecule has 1 amide bonds. The topological polar surface area (TPSA) is 46.3 Å². The van der Waals surface area contributed by atoms with Gasteiger partial charge < -0.3 is 10.6 Å². The summed E-state index contributed by atoms with van der Waals surface area (Å²) in [5.74, 6) is 3.98. The lowest BCUT2D eigenvalue weighted by molar-refractivity contribution is 0.100. The zero-order chi connectivity index (χ0) is 19.0. The average Bonchev–Trinajstić information content (AvgIpc) is 2.65. The Labute approximate surface area is 168 Å². The van der Waals surface area contributed by atoms with Gasteiger partial charge in [-0.1, -0.05) is 58.4 Å². The number of nitrogens with zero attached hydrogens (tertiary/aromatic N) is 1. The molecule has 5 heteroatoms. The maximum Gasteiger partial charge on any atom is 0.248 e. The number of hydrogen-bond acceptors (Lipinski definition) is 4. The number of nitrogens with two attached hydrogens (primary N) is 1. The highest BCUT2D eigenvalue weighted by atomic mass is 32.2. The summed E-state index contributed by atoms with van der Waals surface area (Å²) in [7, 11) is 0. The first kappa shape index (κ1) is 23.2. The number of thioether (sulfide) groups is 2. The number of benzene rings is 1. The van der Waals surface area contributed by atoms with Gasteiger partial charge in [0.15, 0.2) is 0 Å². The summed E-state index contributed by atoms with van der Waals surface area (Å²) in [5.41, 5.74) is 7.14. The number of rotatable bonds is 16. The Bertz CT molecular complexity index is 481. The van der Waals surface area contributed by atoms with E-state index in [4.69, 9.17) is 5.73 Å². The van der Waals surface area contributed by atoms with Crippen LogP contribution < -0.4 is 10.6 Å². The number of hydrogen-bond donors (Lipinski definition) is 1. The fourth-order valence-electron chi connectivity index (χ4n) is 2.65. The molecule has 0 aliphatic rings. The normalized spacial score (nSPS) is 10.8. The quantitative estimate of drug-likeness (QED) is 0.269. The Kier molecular flexibility index (Phi) is 13.6. The molecule has 0 spiro atoms. The fraction of sp³-hybridized carbons (Fsp3) is 0.667. The first-order valence-corrected chi connectivity index (χ1v) is 12.3. The molecule has 0 fully saturated rings. The summed E-state index contributed by atoms with van der Waals surface area (Å²) < 4.78 is 0. The summed E-state index contributed by atoms with van der Waals surface area (Å²) >= 11 is 3.98. The molecule has 2 N–H and O–H groups in total. The molecule has 0 unspecified atom stereocenters. The molecule has 148 valence electrons. The largest absolute Gasteiger partial charge is 0.366 e. The molecule has 3 nitrogen and oxygen atoms in total. The second-order valence-corrected chi connectivity index (χ2v) is 8.80. The number of amides is 1. The van der Waals surface area contributed by atoms with E-state index in [1.165, 1.54) is 62.9 Å². The van der Waals surface area contributed by atoms with Gasteiger partial charge in [-0.3, -0.25) is 4.79 Å². The molecular weight excluding hydrogens is 360 g/mol. The van der Waals surface area contributed by atoms with E-state index in [9.17, 15) is 4.79 Å². The number of unbranched alkanes of at least 4 members (excludes halogenated alkanes) is 6. The van der Waals surface area contributed by atoms with Crippen molar-refractivity contribution in [3.8, 4) is 0 Å². The molecule has 0 aliphatic heterocycles. The van der Waals surface area contributed by atoms with E-state index in [0.29, 0.717) is 5.56 Å². The van der Waals surface area contributed by atoms with Crippen molar-refractivity contribution in [2.45, 2.75) is 65.2 Å². The van der Waals surface area contributed by atoms with Gasteiger partial charge in [-0.05, 0) is 42.5 Å². The highest BCUT2D eigenvalue weighted by molar-refractivity contribution is 8.00. The molecule has 26 heavy (non-hydrogen) atoms. The zero-order valence-electron chi connectivity index (χ0n) is 16.5.